The van der Waals surface area contributed by atoms with Crippen LogP contribution in [0.3, 0.4) is 0 Å². The topological polar surface area (TPSA) is 105 Å². The largest absolute Gasteiger partial charge is 0.505 e. The van der Waals surface area contributed by atoms with E-state index in [1.54, 1.807) is 0 Å². The first kappa shape index (κ1) is 33.5. The van der Waals surface area contributed by atoms with Crippen LogP contribution < -0.4 is 20.7 Å². The van der Waals surface area contributed by atoms with Crippen molar-refractivity contribution in [3.8, 4) is 11.5 Å². The number of halogens is 4. The molecule has 42 heavy (non-hydrogen) atoms. The first-order chi connectivity index (χ1) is 19.5. The van der Waals surface area contributed by atoms with Gasteiger partial charge in [0.05, 0.1) is 31.5 Å². The summed E-state index contributed by atoms with van der Waals surface area (Å²) in [5, 5.41) is 27.7. The molecule has 0 bridgehead atoms. The fourth-order valence-corrected chi connectivity index (χ4v) is 5.69. The van der Waals surface area contributed by atoms with Gasteiger partial charge in [0.1, 0.15) is 0 Å². The molecule has 0 radical (unpaired) electrons. The third kappa shape index (κ3) is 8.74. The number of nitrogens with zero attached hydrogens (tertiary/aromatic N) is 2. The molecule has 0 aliphatic carbocycles. The highest BCUT2D eigenvalue weighted by Gasteiger charge is 2.35. The molecule has 0 aliphatic heterocycles. The SMILES string of the molecule is CC(C)(C)CC(C)(C)NC(=O)N(c1cc(Cl)c(O)c(Cl)c1)N(C(=O)NCCc1ccccc1)c1cc(Cl)c(O)c(Cl)c1. The molecule has 8 nitrogen and oxygen atoms in total. The summed E-state index contributed by atoms with van der Waals surface area (Å²) in [5.41, 5.74) is 0.252. The number of benzene rings is 3. The Morgan fingerprint density at radius 1 is 0.738 bits per heavy atom. The van der Waals surface area contributed by atoms with Gasteiger partial charge in [0.15, 0.2) is 11.5 Å². The quantitative estimate of drug-likeness (QED) is 0.191. The van der Waals surface area contributed by atoms with E-state index in [0.29, 0.717) is 12.8 Å². The molecular formula is C30H34Cl4N4O4. The molecule has 0 heterocycles. The van der Waals surface area contributed by atoms with Gasteiger partial charge in [0.2, 0.25) is 0 Å². The van der Waals surface area contributed by atoms with Crippen LogP contribution in [-0.4, -0.2) is 34.4 Å². The molecule has 0 aromatic heterocycles. The minimum Gasteiger partial charge on any atom is -0.505 e. The predicted molar refractivity (Wildman–Crippen MR) is 171 cm³/mol. The lowest BCUT2D eigenvalue weighted by Crippen LogP contribution is -2.60. The highest BCUT2D eigenvalue weighted by Crippen LogP contribution is 2.40. The fourth-order valence-electron chi connectivity index (χ4n) is 4.74. The van der Waals surface area contributed by atoms with E-state index in [0.717, 1.165) is 15.6 Å². The summed E-state index contributed by atoms with van der Waals surface area (Å²) in [4.78, 5) is 28.1. The summed E-state index contributed by atoms with van der Waals surface area (Å²) in [6, 6.07) is 13.3. The molecular weight excluding hydrogens is 622 g/mol. The zero-order chi connectivity index (χ0) is 31.4. The zero-order valence-corrected chi connectivity index (χ0v) is 27.0. The van der Waals surface area contributed by atoms with Crippen LogP contribution in [0.25, 0.3) is 0 Å². The van der Waals surface area contributed by atoms with Crippen molar-refractivity contribution in [3.63, 3.8) is 0 Å². The predicted octanol–water partition coefficient (Wildman–Crippen LogP) is 8.82. The van der Waals surface area contributed by atoms with E-state index < -0.39 is 17.6 Å². The summed E-state index contributed by atoms with van der Waals surface area (Å²) in [6.45, 7) is 10.1. The van der Waals surface area contributed by atoms with Gasteiger partial charge in [-0.2, -0.15) is 10.0 Å². The second-order valence-corrected chi connectivity index (χ2v) is 13.3. The Labute approximate surface area is 266 Å². The fraction of sp³-hybridized carbons (Fsp3) is 0.333. The van der Waals surface area contributed by atoms with E-state index in [4.69, 9.17) is 46.4 Å². The Hall–Kier alpha value is -3.04. The number of phenolic OH excluding ortho intramolecular Hbond substituents is 2. The monoisotopic (exact) mass is 654 g/mol. The van der Waals surface area contributed by atoms with Crippen molar-refractivity contribution < 1.29 is 19.8 Å². The number of carbonyl (C=O) groups excluding carboxylic acids is 2. The number of anilines is 2. The smallest absolute Gasteiger partial charge is 0.341 e. The second kappa shape index (κ2) is 13.5. The Bertz CT molecular complexity index is 1400. The summed E-state index contributed by atoms with van der Waals surface area (Å²) in [5.74, 6) is -0.769. The molecule has 4 N–H and O–H groups in total. The number of phenols is 2. The summed E-state index contributed by atoms with van der Waals surface area (Å²) >= 11 is 25.0. The van der Waals surface area contributed by atoms with Gasteiger partial charge in [-0.15, -0.1) is 0 Å². The van der Waals surface area contributed by atoms with Crippen molar-refractivity contribution >= 4 is 69.8 Å². The first-order valence-electron chi connectivity index (χ1n) is 13.1. The number of hydrazine groups is 1. The molecule has 0 saturated heterocycles. The van der Waals surface area contributed by atoms with Crippen LogP contribution in [0.4, 0.5) is 21.0 Å². The molecule has 0 spiro atoms. The number of rotatable bonds is 7. The van der Waals surface area contributed by atoms with E-state index in [-0.39, 0.29) is 54.9 Å². The van der Waals surface area contributed by atoms with Crippen molar-refractivity contribution in [2.45, 2.75) is 53.0 Å². The number of urea groups is 2. The number of aromatic hydroxyl groups is 2. The Morgan fingerprint density at radius 3 is 1.60 bits per heavy atom. The van der Waals surface area contributed by atoms with Crippen molar-refractivity contribution in [1.82, 2.24) is 10.6 Å². The lowest BCUT2D eigenvalue weighted by molar-refractivity contribution is 0.213. The lowest BCUT2D eigenvalue weighted by Gasteiger charge is -2.39. The Kier molecular flexibility index (Phi) is 10.8. The van der Waals surface area contributed by atoms with Gasteiger partial charge in [-0.1, -0.05) is 97.5 Å². The molecule has 12 heteroatoms. The van der Waals surface area contributed by atoms with Gasteiger partial charge in [0.25, 0.3) is 0 Å². The minimum atomic E-state index is -0.724. The number of amides is 4. The third-order valence-electron chi connectivity index (χ3n) is 6.03. The molecule has 0 unspecified atom stereocenters. The zero-order valence-electron chi connectivity index (χ0n) is 23.9. The normalized spacial score (nSPS) is 11.6. The van der Waals surface area contributed by atoms with Crippen LogP contribution in [0.1, 0.15) is 46.6 Å². The molecule has 0 fully saturated rings. The van der Waals surface area contributed by atoms with E-state index in [1.807, 2.05) is 65.0 Å². The van der Waals surface area contributed by atoms with E-state index in [9.17, 15) is 19.8 Å². The maximum absolute atomic E-state index is 14.1. The average molecular weight is 656 g/mol. The Morgan fingerprint density at radius 2 is 1.17 bits per heavy atom. The highest BCUT2D eigenvalue weighted by molar-refractivity contribution is 6.38. The summed E-state index contributed by atoms with van der Waals surface area (Å²) in [7, 11) is 0. The van der Waals surface area contributed by atoms with Gasteiger partial charge < -0.3 is 20.8 Å². The molecule has 4 amide bonds. The van der Waals surface area contributed by atoms with E-state index >= 15 is 0 Å². The molecule has 0 saturated carbocycles. The number of hydrogen-bond acceptors (Lipinski definition) is 4. The number of nitrogens with one attached hydrogen (secondary N) is 2. The van der Waals surface area contributed by atoms with Gasteiger partial charge >= 0.3 is 12.1 Å². The van der Waals surface area contributed by atoms with Crippen molar-refractivity contribution in [3.05, 3.63) is 80.3 Å². The van der Waals surface area contributed by atoms with Crippen LogP contribution in [0.2, 0.25) is 20.1 Å². The van der Waals surface area contributed by atoms with Crippen molar-refractivity contribution in [2.24, 2.45) is 5.41 Å². The highest BCUT2D eigenvalue weighted by atomic mass is 35.5. The standard InChI is InChI=1S/C30H34Cl4N4O4/c1-29(2,3)17-30(4,5)36-28(42)38(20-15-23(33)26(40)24(34)16-20)37(19-13-21(31)25(39)22(32)14-19)27(41)35-12-11-18-9-7-6-8-10-18/h6-10,13-16,39-40H,11-12,17H2,1-5H3,(H,35,41)(H,36,42). The van der Waals surface area contributed by atoms with Gasteiger partial charge in [0, 0.05) is 12.1 Å². The van der Waals surface area contributed by atoms with Crippen molar-refractivity contribution in [2.75, 3.05) is 16.6 Å². The van der Waals surface area contributed by atoms with Gasteiger partial charge in [-0.3, -0.25) is 0 Å². The van der Waals surface area contributed by atoms with Crippen LogP contribution in [-0.2, 0) is 6.42 Å². The van der Waals surface area contributed by atoms with Gasteiger partial charge in [-0.25, -0.2) is 9.59 Å². The molecule has 0 atom stereocenters. The Balaban J connectivity index is 2.14. The van der Waals surface area contributed by atoms with Crippen molar-refractivity contribution in [1.29, 1.82) is 0 Å². The molecule has 3 aromatic rings. The molecule has 0 aliphatic rings. The molecule has 226 valence electrons. The van der Waals surface area contributed by atoms with Crippen LogP contribution in [0.15, 0.2) is 54.6 Å². The van der Waals surface area contributed by atoms with Gasteiger partial charge in [-0.05, 0) is 61.9 Å². The maximum atomic E-state index is 14.1. The van der Waals surface area contributed by atoms with E-state index in [2.05, 4.69) is 10.6 Å². The molecule has 3 aromatic carbocycles. The van der Waals surface area contributed by atoms with Crippen LogP contribution in [0, 0.1) is 5.41 Å². The maximum Gasteiger partial charge on any atom is 0.341 e. The third-order valence-corrected chi connectivity index (χ3v) is 7.18. The minimum absolute atomic E-state index is 0.0594. The summed E-state index contributed by atoms with van der Waals surface area (Å²) < 4.78 is 0. The van der Waals surface area contributed by atoms with E-state index in [1.165, 1.54) is 24.3 Å². The first-order valence-corrected chi connectivity index (χ1v) is 14.6. The summed E-state index contributed by atoms with van der Waals surface area (Å²) in [6.07, 6.45) is 1.11. The number of hydrogen-bond donors (Lipinski definition) is 4. The second-order valence-electron chi connectivity index (χ2n) is 11.7. The van der Waals surface area contributed by atoms with Crippen LogP contribution in [0.5, 0.6) is 11.5 Å². The lowest BCUT2D eigenvalue weighted by atomic mass is 9.82. The molecule has 3 rings (SSSR count). The average Bonchev–Trinajstić information content (AvgIpc) is 2.87. The number of carbonyl (C=O) groups is 2. The van der Waals surface area contributed by atoms with Crippen LogP contribution >= 0.6 is 46.4 Å².